The van der Waals surface area contributed by atoms with E-state index in [9.17, 15) is 18.7 Å². The first-order chi connectivity index (χ1) is 16.5. The van der Waals surface area contributed by atoms with Gasteiger partial charge >= 0.3 is 5.92 Å². The first kappa shape index (κ1) is 25.7. The molecule has 1 aromatic heterocycles. The third-order valence-corrected chi connectivity index (χ3v) is 6.39. The van der Waals surface area contributed by atoms with Crippen molar-refractivity contribution in [2.75, 3.05) is 17.3 Å². The Balaban J connectivity index is 1.78. The highest BCUT2D eigenvalue weighted by molar-refractivity contribution is 6.05. The molecular formula is C26H29F3N4O3. The van der Waals surface area contributed by atoms with Crippen LogP contribution in [0, 0.1) is 12.7 Å². The van der Waals surface area contributed by atoms with Crippen molar-refractivity contribution in [3.05, 3.63) is 53.1 Å². The molecule has 0 bridgehead atoms. The first-order valence-electron chi connectivity index (χ1n) is 11.5. The molecule has 0 saturated heterocycles. The maximum Gasteiger partial charge on any atom is 0.303 e. The quantitative estimate of drug-likeness (QED) is 0.496. The number of carbonyl (C=O) groups excluding carboxylic acids is 1. The number of alkyl halides is 2. The molecule has 1 aliphatic heterocycles. The van der Waals surface area contributed by atoms with Gasteiger partial charge in [-0.05, 0) is 53.7 Å². The smallest absolute Gasteiger partial charge is 0.303 e. The van der Waals surface area contributed by atoms with Crippen LogP contribution in [0.5, 0.6) is 5.75 Å². The lowest BCUT2D eigenvalue weighted by atomic mass is 9.91. The van der Waals surface area contributed by atoms with Crippen molar-refractivity contribution in [1.29, 1.82) is 0 Å². The van der Waals surface area contributed by atoms with Gasteiger partial charge in [-0.3, -0.25) is 4.79 Å². The third-order valence-electron chi connectivity index (χ3n) is 6.39. The predicted molar refractivity (Wildman–Crippen MR) is 131 cm³/mol. The zero-order chi connectivity index (χ0) is 26.8. The van der Waals surface area contributed by atoms with E-state index in [2.05, 4.69) is 15.3 Å². The monoisotopic (exact) mass is 502 g/mol. The fourth-order valence-electron chi connectivity index (χ4n) is 4.29. The number of ether oxygens (including phenoxy) is 1. The van der Waals surface area contributed by atoms with Crippen molar-refractivity contribution in [3.63, 3.8) is 0 Å². The highest BCUT2D eigenvalue weighted by Crippen LogP contribution is 2.43. The lowest BCUT2D eigenvalue weighted by Crippen LogP contribution is -2.50. The number of rotatable bonds is 5. The zero-order valence-corrected chi connectivity index (χ0v) is 21.2. The summed E-state index contributed by atoms with van der Waals surface area (Å²) < 4.78 is 50.8. The maximum atomic E-state index is 15.3. The van der Waals surface area contributed by atoms with Gasteiger partial charge in [0.1, 0.15) is 28.8 Å². The van der Waals surface area contributed by atoms with Gasteiger partial charge in [-0.2, -0.15) is 8.78 Å². The normalized spacial score (nSPS) is 16.5. The highest BCUT2D eigenvalue weighted by Gasteiger charge is 2.49. The molecule has 2 heterocycles. The fourth-order valence-corrected chi connectivity index (χ4v) is 4.29. The molecule has 192 valence electrons. The molecule has 1 aliphatic rings. The number of nitrogens with zero attached hydrogens (tertiary/aromatic N) is 3. The van der Waals surface area contributed by atoms with Crippen molar-refractivity contribution in [2.45, 2.75) is 64.7 Å². The van der Waals surface area contributed by atoms with Gasteiger partial charge in [0, 0.05) is 24.1 Å². The highest BCUT2D eigenvalue weighted by atomic mass is 19.3. The van der Waals surface area contributed by atoms with E-state index in [1.54, 1.807) is 46.9 Å². The van der Waals surface area contributed by atoms with E-state index in [4.69, 9.17) is 4.74 Å². The van der Waals surface area contributed by atoms with E-state index in [0.717, 1.165) is 19.9 Å². The number of halogens is 3. The van der Waals surface area contributed by atoms with Crippen molar-refractivity contribution < 1.29 is 27.8 Å². The molecule has 0 aliphatic carbocycles. The van der Waals surface area contributed by atoms with Gasteiger partial charge in [0.25, 0.3) is 5.91 Å². The Labute approximate surface area is 207 Å². The Hall–Kier alpha value is -3.40. The Morgan fingerprint density at radius 2 is 1.86 bits per heavy atom. The van der Waals surface area contributed by atoms with E-state index in [1.165, 1.54) is 17.0 Å². The second-order valence-electron chi connectivity index (χ2n) is 10.1. The predicted octanol–water partition coefficient (Wildman–Crippen LogP) is 5.25. The lowest BCUT2D eigenvalue weighted by molar-refractivity contribution is -0.170. The molecule has 1 atom stereocenters. The summed E-state index contributed by atoms with van der Waals surface area (Å²) in [5.41, 5.74) is -3.34. The third kappa shape index (κ3) is 4.13. The van der Waals surface area contributed by atoms with Crippen LogP contribution in [0.2, 0.25) is 0 Å². The molecule has 2 aromatic carbocycles. The molecule has 4 rings (SSSR count). The largest absolute Gasteiger partial charge is 0.476 e. The molecule has 0 spiro atoms. The number of aromatic nitrogens is 2. The average molecular weight is 503 g/mol. The lowest BCUT2D eigenvalue weighted by Gasteiger charge is -2.37. The van der Waals surface area contributed by atoms with E-state index >= 15 is 4.39 Å². The van der Waals surface area contributed by atoms with Crippen molar-refractivity contribution >= 4 is 28.3 Å². The number of aryl methyl sites for hydroxylation is 1. The molecular weight excluding hydrogens is 473 g/mol. The number of hydrogen-bond donors (Lipinski definition) is 2. The Morgan fingerprint density at radius 1 is 1.19 bits per heavy atom. The zero-order valence-electron chi connectivity index (χ0n) is 21.2. The number of fused-ring (bicyclic) bond motifs is 2. The topological polar surface area (TPSA) is 87.6 Å². The maximum absolute atomic E-state index is 15.3. The Morgan fingerprint density at radius 3 is 2.50 bits per heavy atom. The van der Waals surface area contributed by atoms with Gasteiger partial charge in [0.15, 0.2) is 5.60 Å². The summed E-state index contributed by atoms with van der Waals surface area (Å²) >= 11 is 0. The van der Waals surface area contributed by atoms with Crippen LogP contribution in [0.4, 0.5) is 24.7 Å². The Kier molecular flexibility index (Phi) is 5.94. The van der Waals surface area contributed by atoms with Crippen LogP contribution in [-0.4, -0.2) is 39.2 Å². The molecule has 1 amide bonds. The number of benzene rings is 2. The number of likely N-dealkylation sites (N-methyl/N-ethyl adjacent to an activating group) is 1. The van der Waals surface area contributed by atoms with E-state index in [0.29, 0.717) is 34.0 Å². The summed E-state index contributed by atoms with van der Waals surface area (Å²) in [7, 11) is 1.64. The van der Waals surface area contributed by atoms with Crippen LogP contribution in [0.25, 0.3) is 10.9 Å². The van der Waals surface area contributed by atoms with Gasteiger partial charge in [0.2, 0.25) is 0 Å². The van der Waals surface area contributed by atoms with Crippen LogP contribution >= 0.6 is 0 Å². The van der Waals surface area contributed by atoms with E-state index in [1.807, 2.05) is 0 Å². The second kappa shape index (κ2) is 8.33. The molecule has 10 heteroatoms. The molecule has 0 radical (unpaired) electrons. The number of carbonyl (C=O) groups is 1. The molecule has 0 fully saturated rings. The molecule has 3 aromatic rings. The molecule has 0 saturated carbocycles. The minimum Gasteiger partial charge on any atom is -0.476 e. The summed E-state index contributed by atoms with van der Waals surface area (Å²) in [4.78, 5) is 23.1. The van der Waals surface area contributed by atoms with Crippen LogP contribution in [0.3, 0.4) is 0 Å². The van der Waals surface area contributed by atoms with Gasteiger partial charge < -0.3 is 20.1 Å². The average Bonchev–Trinajstić information content (AvgIpc) is 2.75. The van der Waals surface area contributed by atoms with Crippen molar-refractivity contribution in [2.24, 2.45) is 0 Å². The van der Waals surface area contributed by atoms with Crippen molar-refractivity contribution in [1.82, 2.24) is 9.97 Å². The number of anilines is 2. The van der Waals surface area contributed by atoms with Crippen LogP contribution in [-0.2, 0) is 10.7 Å². The van der Waals surface area contributed by atoms with Crippen LogP contribution < -0.4 is 15.0 Å². The summed E-state index contributed by atoms with van der Waals surface area (Å²) in [5.74, 6) is -3.89. The minimum absolute atomic E-state index is 0.0174. The van der Waals surface area contributed by atoms with Gasteiger partial charge in [-0.1, -0.05) is 12.1 Å². The van der Waals surface area contributed by atoms with E-state index < -0.39 is 34.5 Å². The van der Waals surface area contributed by atoms with Gasteiger partial charge in [-0.15, -0.1) is 0 Å². The van der Waals surface area contributed by atoms with E-state index in [-0.39, 0.29) is 11.5 Å². The number of nitrogens with one attached hydrogen (secondary N) is 1. The summed E-state index contributed by atoms with van der Waals surface area (Å²) in [6.45, 7) is 8.55. The molecule has 1 unspecified atom stereocenters. The van der Waals surface area contributed by atoms with Gasteiger partial charge in [-0.25, -0.2) is 14.4 Å². The standard InChI is InChI=1S/C26H29F3N4O3/c1-13(15-9-8-10-17(21(15)27)26(28,29)25(5,6)35)30-22-16-11-19-20(12-18(16)31-14(2)32-22)36-24(3,4)23(34)33(19)7/h8-13,35H,1-7H3,(H,30,31,32). The number of hydrogen-bond acceptors (Lipinski definition) is 6. The SMILES string of the molecule is Cc1nc(NC(C)c2cccc(C(F)(F)C(C)(C)O)c2F)c2cc3c(cc2n1)OC(C)(C)C(=O)N3C. The molecule has 7 nitrogen and oxygen atoms in total. The minimum atomic E-state index is -3.81. The van der Waals surface area contributed by atoms with Gasteiger partial charge in [0.05, 0.1) is 22.8 Å². The summed E-state index contributed by atoms with van der Waals surface area (Å²) in [6, 6.07) is 6.34. The molecule has 36 heavy (non-hydrogen) atoms. The Bertz CT molecular complexity index is 1370. The fraction of sp³-hybridized carbons (Fsp3) is 0.423. The number of amides is 1. The van der Waals surface area contributed by atoms with Crippen LogP contribution in [0.15, 0.2) is 30.3 Å². The number of aliphatic hydroxyl groups is 1. The molecule has 2 N–H and O–H groups in total. The van der Waals surface area contributed by atoms with Crippen LogP contribution in [0.1, 0.15) is 57.6 Å². The second-order valence-corrected chi connectivity index (χ2v) is 10.1. The summed E-state index contributed by atoms with van der Waals surface area (Å²) in [6.07, 6.45) is 0. The van der Waals surface area contributed by atoms with Crippen molar-refractivity contribution in [3.8, 4) is 5.75 Å². The summed E-state index contributed by atoms with van der Waals surface area (Å²) in [5, 5.41) is 13.6. The first-order valence-corrected chi connectivity index (χ1v) is 11.5.